The third-order valence-corrected chi connectivity index (χ3v) is 3.92. The molecule has 1 fully saturated rings. The van der Waals surface area contributed by atoms with Crippen LogP contribution in [0.4, 0.5) is 13.2 Å². The number of thiocarbonyl (C=S) groups is 1. The number of ether oxygens (including phenoxy) is 2. The first-order valence-corrected chi connectivity index (χ1v) is 6.91. The molecule has 116 valence electrons. The van der Waals surface area contributed by atoms with E-state index in [2.05, 4.69) is 0 Å². The predicted molar refractivity (Wildman–Crippen MR) is 77.1 cm³/mol. The van der Waals surface area contributed by atoms with Gasteiger partial charge < -0.3 is 14.4 Å². The molecular weight excluding hydrogens is 303 g/mol. The monoisotopic (exact) mass is 319 g/mol. The van der Waals surface area contributed by atoms with E-state index in [1.54, 1.807) is 0 Å². The van der Waals surface area contributed by atoms with E-state index in [-0.39, 0.29) is 11.5 Å². The van der Waals surface area contributed by atoms with Crippen molar-refractivity contribution in [2.75, 3.05) is 27.3 Å². The lowest BCUT2D eigenvalue weighted by Gasteiger charge is -2.21. The fourth-order valence-electron chi connectivity index (χ4n) is 2.40. The summed E-state index contributed by atoms with van der Waals surface area (Å²) in [6.45, 7) is 1.54. The van der Waals surface area contributed by atoms with Gasteiger partial charge in [0.05, 0.1) is 14.2 Å². The van der Waals surface area contributed by atoms with Crippen LogP contribution in [0.5, 0.6) is 11.5 Å². The Morgan fingerprint density at radius 3 is 2.24 bits per heavy atom. The van der Waals surface area contributed by atoms with Gasteiger partial charge in [-0.25, -0.2) is 0 Å². The minimum atomic E-state index is -4.53. The maximum absolute atomic E-state index is 13.2. The Kier molecular flexibility index (Phi) is 4.61. The van der Waals surface area contributed by atoms with Crippen LogP contribution in [-0.2, 0) is 6.18 Å². The largest absolute Gasteiger partial charge is 0.493 e. The molecular formula is C14H16F3NO2S. The predicted octanol–water partition coefficient (Wildman–Crippen LogP) is 3.49. The van der Waals surface area contributed by atoms with E-state index < -0.39 is 11.7 Å². The van der Waals surface area contributed by atoms with Crippen molar-refractivity contribution >= 4 is 17.2 Å². The van der Waals surface area contributed by atoms with Gasteiger partial charge in [-0.15, -0.1) is 0 Å². The Labute approximate surface area is 126 Å². The van der Waals surface area contributed by atoms with Gasteiger partial charge in [-0.05, 0) is 25.0 Å². The Morgan fingerprint density at radius 2 is 1.76 bits per heavy atom. The van der Waals surface area contributed by atoms with Gasteiger partial charge in [-0.2, -0.15) is 13.2 Å². The summed E-state index contributed by atoms with van der Waals surface area (Å²) in [6, 6.07) is 2.52. The number of benzene rings is 1. The van der Waals surface area contributed by atoms with Gasteiger partial charge in [0, 0.05) is 18.7 Å². The molecule has 3 nitrogen and oxygen atoms in total. The van der Waals surface area contributed by atoms with Crippen LogP contribution in [0.15, 0.2) is 12.1 Å². The van der Waals surface area contributed by atoms with Crippen molar-refractivity contribution in [2.24, 2.45) is 0 Å². The summed E-state index contributed by atoms with van der Waals surface area (Å²) in [5.41, 5.74) is -0.544. The molecule has 0 unspecified atom stereocenters. The molecule has 0 aromatic heterocycles. The lowest BCUT2D eigenvalue weighted by atomic mass is 10.1. The van der Waals surface area contributed by atoms with E-state index in [0.29, 0.717) is 10.6 Å². The van der Waals surface area contributed by atoms with Gasteiger partial charge in [-0.3, -0.25) is 0 Å². The van der Waals surface area contributed by atoms with Crippen LogP contribution < -0.4 is 9.47 Å². The molecule has 1 heterocycles. The molecule has 0 saturated carbocycles. The molecule has 1 aliphatic heterocycles. The van der Waals surface area contributed by atoms with Crippen molar-refractivity contribution in [2.45, 2.75) is 19.0 Å². The highest BCUT2D eigenvalue weighted by Crippen LogP contribution is 2.42. The average molecular weight is 319 g/mol. The maximum Gasteiger partial charge on any atom is 0.420 e. The van der Waals surface area contributed by atoms with Crippen LogP contribution in [0, 0.1) is 0 Å². The molecule has 1 aromatic carbocycles. The normalized spacial score (nSPS) is 15.2. The van der Waals surface area contributed by atoms with Crippen LogP contribution in [0.1, 0.15) is 24.0 Å². The van der Waals surface area contributed by atoms with Crippen molar-refractivity contribution in [3.63, 3.8) is 0 Å². The zero-order chi connectivity index (χ0) is 15.6. The van der Waals surface area contributed by atoms with E-state index in [4.69, 9.17) is 21.7 Å². The standard InChI is InChI=1S/C14H16F3NO2S/c1-19-11-8-9(13(21)18-5-3-4-6-18)7-10(12(11)20-2)14(15,16)17/h7-8H,3-6H2,1-2H3. The average Bonchev–Trinajstić information content (AvgIpc) is 2.98. The van der Waals surface area contributed by atoms with Crippen LogP contribution in [0.3, 0.4) is 0 Å². The minimum absolute atomic E-state index is 0.0314. The Bertz CT molecular complexity index is 540. The molecule has 1 saturated heterocycles. The summed E-state index contributed by atoms with van der Waals surface area (Å²) >= 11 is 5.31. The number of hydrogen-bond donors (Lipinski definition) is 0. The summed E-state index contributed by atoms with van der Waals surface area (Å²) in [6.07, 6.45) is -2.53. The molecule has 7 heteroatoms. The number of likely N-dealkylation sites (tertiary alicyclic amines) is 1. The molecule has 1 aliphatic rings. The van der Waals surface area contributed by atoms with Crippen molar-refractivity contribution in [3.8, 4) is 11.5 Å². The maximum atomic E-state index is 13.2. The zero-order valence-electron chi connectivity index (χ0n) is 11.8. The van der Waals surface area contributed by atoms with Crippen molar-refractivity contribution < 1.29 is 22.6 Å². The molecule has 2 rings (SSSR count). The number of alkyl halides is 3. The Balaban J connectivity index is 2.50. The molecule has 0 spiro atoms. The van der Waals surface area contributed by atoms with E-state index in [1.165, 1.54) is 20.3 Å². The SMILES string of the molecule is COc1cc(C(=S)N2CCCC2)cc(C(F)(F)F)c1OC. The van der Waals surface area contributed by atoms with Gasteiger partial charge in [0.1, 0.15) is 10.6 Å². The zero-order valence-corrected chi connectivity index (χ0v) is 12.6. The molecule has 21 heavy (non-hydrogen) atoms. The van der Waals surface area contributed by atoms with E-state index in [1.807, 2.05) is 4.90 Å². The quantitative estimate of drug-likeness (QED) is 0.795. The molecule has 0 aliphatic carbocycles. The Morgan fingerprint density at radius 1 is 1.14 bits per heavy atom. The molecule has 0 amide bonds. The summed E-state index contributed by atoms with van der Waals surface area (Å²) in [4.78, 5) is 2.33. The van der Waals surface area contributed by atoms with Gasteiger partial charge in [-0.1, -0.05) is 12.2 Å². The number of nitrogens with zero attached hydrogens (tertiary/aromatic N) is 1. The first kappa shape index (κ1) is 15.9. The lowest BCUT2D eigenvalue weighted by molar-refractivity contribution is -0.138. The van der Waals surface area contributed by atoms with Crippen molar-refractivity contribution in [1.82, 2.24) is 4.90 Å². The van der Waals surface area contributed by atoms with Crippen LogP contribution >= 0.6 is 12.2 Å². The molecule has 0 radical (unpaired) electrons. The Hall–Kier alpha value is -1.50. The number of rotatable bonds is 3. The summed E-state index contributed by atoms with van der Waals surface area (Å²) in [5, 5.41) is 0. The second-order valence-electron chi connectivity index (χ2n) is 4.76. The lowest BCUT2D eigenvalue weighted by Crippen LogP contribution is -2.27. The second-order valence-corrected chi connectivity index (χ2v) is 5.14. The molecule has 0 N–H and O–H groups in total. The smallest absolute Gasteiger partial charge is 0.420 e. The first-order valence-electron chi connectivity index (χ1n) is 6.51. The highest BCUT2D eigenvalue weighted by Gasteiger charge is 2.37. The fraction of sp³-hybridized carbons (Fsp3) is 0.500. The van der Waals surface area contributed by atoms with Crippen molar-refractivity contribution in [3.05, 3.63) is 23.3 Å². The molecule has 0 bridgehead atoms. The third-order valence-electron chi connectivity index (χ3n) is 3.42. The molecule has 1 aromatic rings. The fourth-order valence-corrected chi connectivity index (χ4v) is 2.70. The number of halogens is 3. The van der Waals surface area contributed by atoms with Crippen LogP contribution in [0.25, 0.3) is 0 Å². The van der Waals surface area contributed by atoms with Crippen LogP contribution in [0.2, 0.25) is 0 Å². The third kappa shape index (κ3) is 3.23. The van der Waals surface area contributed by atoms with Gasteiger partial charge >= 0.3 is 6.18 Å². The first-order chi connectivity index (χ1) is 9.88. The topological polar surface area (TPSA) is 21.7 Å². The van der Waals surface area contributed by atoms with Gasteiger partial charge in [0.15, 0.2) is 11.5 Å². The number of methoxy groups -OCH3 is 2. The summed E-state index contributed by atoms with van der Waals surface area (Å²) in [7, 11) is 2.49. The van der Waals surface area contributed by atoms with Crippen molar-refractivity contribution in [1.29, 1.82) is 0 Å². The van der Waals surface area contributed by atoms with E-state index >= 15 is 0 Å². The minimum Gasteiger partial charge on any atom is -0.493 e. The van der Waals surface area contributed by atoms with E-state index in [0.717, 1.165) is 32.0 Å². The van der Waals surface area contributed by atoms with E-state index in [9.17, 15) is 13.2 Å². The number of hydrogen-bond acceptors (Lipinski definition) is 3. The van der Waals surface area contributed by atoms with Gasteiger partial charge in [0.25, 0.3) is 0 Å². The highest BCUT2D eigenvalue weighted by atomic mass is 32.1. The summed E-state index contributed by atoms with van der Waals surface area (Å²) < 4.78 is 49.4. The van der Waals surface area contributed by atoms with Crippen LogP contribution in [-0.4, -0.2) is 37.2 Å². The summed E-state index contributed by atoms with van der Waals surface area (Å²) in [5.74, 6) is -0.290. The highest BCUT2D eigenvalue weighted by molar-refractivity contribution is 7.80. The molecule has 0 atom stereocenters. The second kappa shape index (κ2) is 6.09. The van der Waals surface area contributed by atoms with Gasteiger partial charge in [0.2, 0.25) is 0 Å².